The molecule has 3 nitrogen and oxygen atoms in total. The molecular formula is C12H23NO2S2. The highest BCUT2D eigenvalue weighted by molar-refractivity contribution is 8.68. The summed E-state index contributed by atoms with van der Waals surface area (Å²) in [6.45, 7) is 6.99. The quantitative estimate of drug-likeness (QED) is 0.609. The molecule has 2 aliphatic heterocycles. The number of hydrogen-bond acceptors (Lipinski definition) is 5. The maximum absolute atomic E-state index is 10.3. The first-order valence-corrected chi connectivity index (χ1v) is 8.36. The van der Waals surface area contributed by atoms with E-state index < -0.39 is 6.23 Å². The molecule has 2 saturated heterocycles. The number of hydrogen-bond donors (Lipinski definition) is 2. The lowest BCUT2D eigenvalue weighted by molar-refractivity contribution is -0.236. The van der Waals surface area contributed by atoms with Gasteiger partial charge in [-0.2, -0.15) is 0 Å². The average molecular weight is 277 g/mol. The summed E-state index contributed by atoms with van der Waals surface area (Å²) >= 11 is 4.29. The molecule has 17 heavy (non-hydrogen) atoms. The van der Waals surface area contributed by atoms with Crippen molar-refractivity contribution in [3.8, 4) is 0 Å². The normalized spacial score (nSPS) is 35.3. The van der Waals surface area contributed by atoms with Crippen LogP contribution in [0.2, 0.25) is 0 Å². The van der Waals surface area contributed by atoms with Gasteiger partial charge >= 0.3 is 0 Å². The van der Waals surface area contributed by atoms with E-state index in [-0.39, 0.29) is 5.60 Å². The first-order chi connectivity index (χ1) is 8.07. The number of ether oxygens (including phenoxy) is 1. The van der Waals surface area contributed by atoms with Crippen molar-refractivity contribution < 1.29 is 9.84 Å². The second kappa shape index (κ2) is 5.70. The Balaban J connectivity index is 1.82. The first kappa shape index (κ1) is 14.0. The summed E-state index contributed by atoms with van der Waals surface area (Å²) in [5, 5.41) is 10.9. The molecule has 0 bridgehead atoms. The van der Waals surface area contributed by atoms with Crippen LogP contribution in [-0.4, -0.2) is 46.8 Å². The van der Waals surface area contributed by atoms with Crippen molar-refractivity contribution in [2.45, 2.75) is 50.2 Å². The first-order valence-electron chi connectivity index (χ1n) is 6.43. The van der Waals surface area contributed by atoms with E-state index in [0.29, 0.717) is 5.25 Å². The fraction of sp³-hybridized carbons (Fsp3) is 1.00. The van der Waals surface area contributed by atoms with Crippen LogP contribution in [-0.2, 0) is 4.74 Å². The second-order valence-corrected chi connectivity index (χ2v) is 7.06. The molecule has 2 aliphatic rings. The van der Waals surface area contributed by atoms with Crippen molar-refractivity contribution >= 4 is 22.5 Å². The van der Waals surface area contributed by atoms with E-state index in [9.17, 15) is 5.11 Å². The van der Waals surface area contributed by atoms with Gasteiger partial charge in [0.25, 0.3) is 0 Å². The molecule has 0 radical (unpaired) electrons. The van der Waals surface area contributed by atoms with Gasteiger partial charge in [0.05, 0.1) is 6.61 Å². The average Bonchev–Trinajstić information content (AvgIpc) is 2.34. The van der Waals surface area contributed by atoms with Gasteiger partial charge in [0, 0.05) is 24.8 Å². The molecule has 2 heterocycles. The summed E-state index contributed by atoms with van der Waals surface area (Å²) in [6.07, 6.45) is 2.84. The van der Waals surface area contributed by atoms with Crippen molar-refractivity contribution in [3.63, 3.8) is 0 Å². The van der Waals surface area contributed by atoms with Crippen molar-refractivity contribution in [1.82, 2.24) is 4.90 Å². The Hall–Kier alpha value is 0.580. The van der Waals surface area contributed by atoms with Crippen LogP contribution in [0.3, 0.4) is 0 Å². The third-order valence-corrected chi connectivity index (χ3v) is 6.04. The van der Waals surface area contributed by atoms with Gasteiger partial charge in [-0.25, -0.2) is 0 Å². The van der Waals surface area contributed by atoms with E-state index in [0.717, 1.165) is 44.9 Å². The lowest BCUT2D eigenvalue weighted by Crippen LogP contribution is -2.59. The van der Waals surface area contributed by atoms with Gasteiger partial charge < -0.3 is 9.84 Å². The fourth-order valence-corrected chi connectivity index (χ4v) is 3.69. The monoisotopic (exact) mass is 277 g/mol. The van der Waals surface area contributed by atoms with E-state index in [1.807, 2.05) is 6.92 Å². The SMILES string of the molecule is CC(SS)C1CCN(C(O)C2(C)CCO2)CC1. The lowest BCUT2D eigenvalue weighted by Gasteiger charge is -2.48. The molecule has 100 valence electrons. The Morgan fingerprint density at radius 2 is 2.06 bits per heavy atom. The zero-order chi connectivity index (χ0) is 12.5. The molecule has 0 aromatic heterocycles. The highest BCUT2D eigenvalue weighted by Crippen LogP contribution is 2.35. The molecule has 0 amide bonds. The van der Waals surface area contributed by atoms with Gasteiger partial charge in [-0.3, -0.25) is 4.90 Å². The molecule has 0 saturated carbocycles. The van der Waals surface area contributed by atoms with Gasteiger partial charge in [0.15, 0.2) is 0 Å². The Kier molecular flexibility index (Phi) is 4.69. The van der Waals surface area contributed by atoms with Crippen LogP contribution in [0.5, 0.6) is 0 Å². The van der Waals surface area contributed by atoms with Crippen LogP contribution >= 0.6 is 22.5 Å². The minimum atomic E-state index is -0.434. The van der Waals surface area contributed by atoms with Crippen LogP contribution in [0.15, 0.2) is 0 Å². The molecule has 5 heteroatoms. The summed E-state index contributed by atoms with van der Waals surface area (Å²) in [6, 6.07) is 0. The molecule has 0 spiro atoms. The van der Waals surface area contributed by atoms with E-state index in [4.69, 9.17) is 4.74 Å². The number of aliphatic hydroxyl groups is 1. The summed E-state index contributed by atoms with van der Waals surface area (Å²) in [4.78, 5) is 2.17. The Morgan fingerprint density at radius 1 is 1.47 bits per heavy atom. The predicted octanol–water partition coefficient (Wildman–Crippen LogP) is 2.16. The van der Waals surface area contributed by atoms with Gasteiger partial charge in [-0.15, -0.1) is 11.7 Å². The number of aliphatic hydroxyl groups excluding tert-OH is 1. The Morgan fingerprint density at radius 3 is 2.47 bits per heavy atom. The third kappa shape index (κ3) is 2.95. The van der Waals surface area contributed by atoms with E-state index in [1.54, 1.807) is 10.8 Å². The van der Waals surface area contributed by atoms with E-state index in [2.05, 4.69) is 23.5 Å². The molecule has 2 rings (SSSR count). The Bertz CT molecular complexity index is 253. The predicted molar refractivity (Wildman–Crippen MR) is 75.3 cm³/mol. The van der Waals surface area contributed by atoms with Crippen molar-refractivity contribution in [2.75, 3.05) is 19.7 Å². The number of nitrogens with zero attached hydrogens (tertiary/aromatic N) is 1. The van der Waals surface area contributed by atoms with Crippen LogP contribution in [0, 0.1) is 5.92 Å². The highest BCUT2D eigenvalue weighted by atomic mass is 33.1. The van der Waals surface area contributed by atoms with E-state index >= 15 is 0 Å². The van der Waals surface area contributed by atoms with Gasteiger partial charge in [-0.1, -0.05) is 17.7 Å². The zero-order valence-corrected chi connectivity index (χ0v) is 12.3. The zero-order valence-electron chi connectivity index (χ0n) is 10.6. The summed E-state index contributed by atoms with van der Waals surface area (Å²) in [5.74, 6) is 0.732. The van der Waals surface area contributed by atoms with Gasteiger partial charge in [-0.05, 0) is 25.7 Å². The number of likely N-dealkylation sites (tertiary alicyclic amines) is 1. The van der Waals surface area contributed by atoms with Crippen LogP contribution < -0.4 is 0 Å². The topological polar surface area (TPSA) is 32.7 Å². The Labute approximate surface area is 113 Å². The van der Waals surface area contributed by atoms with Crippen molar-refractivity contribution in [3.05, 3.63) is 0 Å². The number of piperidine rings is 1. The van der Waals surface area contributed by atoms with Gasteiger partial charge in [0.1, 0.15) is 11.8 Å². The molecular weight excluding hydrogens is 254 g/mol. The second-order valence-electron chi connectivity index (χ2n) is 5.47. The van der Waals surface area contributed by atoms with Crippen molar-refractivity contribution in [1.29, 1.82) is 0 Å². The third-order valence-electron chi connectivity index (χ3n) is 4.33. The molecule has 0 aromatic carbocycles. The molecule has 2 fully saturated rings. The maximum Gasteiger partial charge on any atom is 0.136 e. The largest absolute Gasteiger partial charge is 0.375 e. The minimum absolute atomic E-state index is 0.323. The molecule has 0 aliphatic carbocycles. The summed E-state index contributed by atoms with van der Waals surface area (Å²) in [5.41, 5.74) is -0.323. The number of rotatable bonds is 4. The smallest absolute Gasteiger partial charge is 0.136 e. The van der Waals surface area contributed by atoms with E-state index in [1.165, 1.54) is 0 Å². The summed E-state index contributed by atoms with van der Waals surface area (Å²) < 4.78 is 5.52. The number of thiol groups is 1. The van der Waals surface area contributed by atoms with Gasteiger partial charge in [0.2, 0.25) is 0 Å². The molecule has 1 N–H and O–H groups in total. The molecule has 3 unspecified atom stereocenters. The fourth-order valence-electron chi connectivity index (χ4n) is 2.73. The lowest BCUT2D eigenvalue weighted by atomic mass is 9.90. The van der Waals surface area contributed by atoms with Crippen LogP contribution in [0.4, 0.5) is 0 Å². The highest BCUT2D eigenvalue weighted by Gasteiger charge is 2.44. The standard InChI is InChI=1S/C12H23NO2S2/c1-9(17-16)10-3-6-13(7-4-10)11(14)12(2)5-8-15-12/h9-11,14,16H,3-8H2,1-2H3. The minimum Gasteiger partial charge on any atom is -0.375 e. The van der Waals surface area contributed by atoms with Crippen LogP contribution in [0.1, 0.15) is 33.1 Å². The van der Waals surface area contributed by atoms with Crippen molar-refractivity contribution in [2.24, 2.45) is 5.92 Å². The summed E-state index contributed by atoms with van der Waals surface area (Å²) in [7, 11) is 1.65. The maximum atomic E-state index is 10.3. The molecule has 0 aromatic rings. The molecule has 3 atom stereocenters. The van der Waals surface area contributed by atoms with Crippen LogP contribution in [0.25, 0.3) is 0 Å².